The minimum absolute atomic E-state index is 0.0813. The Morgan fingerprint density at radius 2 is 1.02 bits per heavy atom. The highest BCUT2D eigenvalue weighted by molar-refractivity contribution is 6.14. The lowest BCUT2D eigenvalue weighted by Crippen LogP contribution is -1.97. The molecule has 0 unspecified atom stereocenters. The van der Waals surface area contributed by atoms with Gasteiger partial charge < -0.3 is 4.57 Å². The number of aromatic nitrogens is 3. The molecule has 1 aliphatic rings. The molecule has 0 bridgehead atoms. The maximum Gasteiger partial charge on any atom is 0.177 e. The van der Waals surface area contributed by atoms with Crippen LogP contribution in [0.25, 0.3) is 71.9 Å². The molecule has 8 aromatic rings. The van der Waals surface area contributed by atoms with Gasteiger partial charge in [-0.05, 0) is 53.3 Å². The van der Waals surface area contributed by atoms with Gasteiger partial charge in [-0.1, -0.05) is 109 Å². The van der Waals surface area contributed by atoms with E-state index in [1.807, 2.05) is 36.4 Å². The van der Waals surface area contributed by atoms with Crippen LogP contribution in [-0.2, 0) is 0 Å². The summed E-state index contributed by atoms with van der Waals surface area (Å²) in [7, 11) is 0. The van der Waals surface area contributed by atoms with Crippen molar-refractivity contribution in [1.29, 1.82) is 10.5 Å². The predicted molar refractivity (Wildman–Crippen MR) is 184 cm³/mol. The fourth-order valence-corrected chi connectivity index (χ4v) is 6.55. The molecule has 2 heterocycles. The van der Waals surface area contributed by atoms with Gasteiger partial charge in [0, 0.05) is 33.0 Å². The molecule has 0 atom stereocenters. The molecule has 0 N–H and O–H groups in total. The highest BCUT2D eigenvalue weighted by atomic mass is 15.0. The van der Waals surface area contributed by atoms with Crippen LogP contribution in [0.5, 0.6) is 0 Å². The van der Waals surface area contributed by atoms with Gasteiger partial charge >= 0.3 is 0 Å². The zero-order valence-electron chi connectivity index (χ0n) is 24.9. The van der Waals surface area contributed by atoms with Gasteiger partial charge in [0.1, 0.15) is 12.1 Å². The first-order valence-electron chi connectivity index (χ1n) is 15.1. The lowest BCUT2D eigenvalue weighted by atomic mass is 10.0. The average molecular weight is 588 g/mol. The number of benzene rings is 6. The number of nitrogens with zero attached hydrogens (tertiary/aromatic N) is 5. The van der Waals surface area contributed by atoms with Crippen molar-refractivity contribution in [2.75, 3.05) is 0 Å². The summed E-state index contributed by atoms with van der Waals surface area (Å²) < 4.78 is 2.35. The molecule has 2 aromatic heterocycles. The molecule has 214 valence electrons. The van der Waals surface area contributed by atoms with E-state index in [-0.39, 0.29) is 11.4 Å². The summed E-state index contributed by atoms with van der Waals surface area (Å²) >= 11 is 0. The molecular weight excluding hydrogens is 562 g/mol. The van der Waals surface area contributed by atoms with E-state index in [0.717, 1.165) is 21.9 Å². The van der Waals surface area contributed by atoms with Crippen molar-refractivity contribution >= 4 is 32.6 Å². The van der Waals surface area contributed by atoms with Crippen molar-refractivity contribution < 1.29 is 0 Å². The van der Waals surface area contributed by atoms with Gasteiger partial charge in [0.15, 0.2) is 11.4 Å². The first-order chi connectivity index (χ1) is 22.7. The van der Waals surface area contributed by atoms with E-state index >= 15 is 0 Å². The third-order valence-corrected chi connectivity index (χ3v) is 8.69. The molecule has 0 spiro atoms. The molecule has 5 heteroatoms. The smallest absolute Gasteiger partial charge is 0.177 e. The average Bonchev–Trinajstić information content (AvgIpc) is 3.63. The van der Waals surface area contributed by atoms with Gasteiger partial charge in [-0.2, -0.15) is 10.5 Å². The van der Waals surface area contributed by atoms with Crippen LogP contribution in [0.1, 0.15) is 17.0 Å². The Balaban J connectivity index is 0.000000138. The lowest BCUT2D eigenvalue weighted by molar-refractivity contribution is 1.15. The number of aryl methyl sites for hydroxylation is 1. The van der Waals surface area contributed by atoms with Gasteiger partial charge in [0.05, 0.1) is 22.4 Å². The van der Waals surface area contributed by atoms with Crippen LogP contribution in [0.4, 0.5) is 0 Å². The quantitative estimate of drug-likeness (QED) is 0.202. The van der Waals surface area contributed by atoms with Crippen LogP contribution in [0.3, 0.4) is 0 Å². The summed E-state index contributed by atoms with van der Waals surface area (Å²) in [6.45, 7) is 2.06. The number of para-hydroxylation sites is 2. The van der Waals surface area contributed by atoms with Crippen LogP contribution in [0.2, 0.25) is 0 Å². The van der Waals surface area contributed by atoms with E-state index < -0.39 is 0 Å². The molecular formula is C41H25N5. The van der Waals surface area contributed by atoms with E-state index in [1.54, 1.807) is 0 Å². The van der Waals surface area contributed by atoms with Gasteiger partial charge in [0.25, 0.3) is 0 Å². The van der Waals surface area contributed by atoms with Crippen LogP contribution in [0, 0.1) is 29.6 Å². The summed E-state index contributed by atoms with van der Waals surface area (Å²) in [4.78, 5) is 8.73. The number of nitriles is 2. The standard InChI is InChI=1S/C24H17N.C17H8N4/c1-2-8-18(9-3-1)19-14-16-20(17-15-19)25-23-12-6-4-10-21(23)22-11-5-7-13-24(22)25;1-9-5-6-12-15-10(9)3-2-4-11(15)16-17(12)21-14(8-19)13(7-18)20-16/h1-17H;2-6H,1H3. The molecule has 5 nitrogen and oxygen atoms in total. The van der Waals surface area contributed by atoms with Crippen LogP contribution < -0.4 is 0 Å². The third-order valence-electron chi connectivity index (χ3n) is 8.69. The monoisotopic (exact) mass is 587 g/mol. The Morgan fingerprint density at radius 1 is 0.500 bits per heavy atom. The van der Waals surface area contributed by atoms with Crippen LogP contribution in [-0.4, -0.2) is 14.5 Å². The molecule has 1 aliphatic carbocycles. The predicted octanol–water partition coefficient (Wildman–Crippen LogP) is 9.78. The molecule has 0 radical (unpaired) electrons. The topological polar surface area (TPSA) is 78.3 Å². The summed E-state index contributed by atoms with van der Waals surface area (Å²) in [6, 6.07) is 50.5. The Kier molecular flexibility index (Phi) is 6.38. The van der Waals surface area contributed by atoms with Gasteiger partial charge in [-0.3, -0.25) is 0 Å². The summed E-state index contributed by atoms with van der Waals surface area (Å²) in [5.74, 6) is 0. The van der Waals surface area contributed by atoms with Crippen molar-refractivity contribution in [3.63, 3.8) is 0 Å². The zero-order valence-corrected chi connectivity index (χ0v) is 24.9. The second-order valence-corrected chi connectivity index (χ2v) is 11.3. The minimum Gasteiger partial charge on any atom is -0.309 e. The molecule has 0 saturated carbocycles. The highest BCUT2D eigenvalue weighted by Gasteiger charge is 2.26. The first kappa shape index (κ1) is 27.0. The SMILES string of the molecule is Cc1ccc2c3c(cccc13)-c1nc(C#N)c(C#N)nc1-2.c1ccc(-c2ccc(-n3c4ccccc4c4ccccc43)cc2)cc1. The van der Waals surface area contributed by atoms with Crippen molar-refractivity contribution in [3.05, 3.63) is 150 Å². The molecule has 0 amide bonds. The Morgan fingerprint density at radius 3 is 1.63 bits per heavy atom. The molecule has 9 rings (SSSR count). The fraction of sp³-hybridized carbons (Fsp3) is 0.0244. The first-order valence-corrected chi connectivity index (χ1v) is 15.1. The summed E-state index contributed by atoms with van der Waals surface area (Å²) in [5, 5.41) is 23.1. The lowest BCUT2D eigenvalue weighted by Gasteiger charge is -2.09. The largest absolute Gasteiger partial charge is 0.309 e. The minimum atomic E-state index is 0.0813. The summed E-state index contributed by atoms with van der Waals surface area (Å²) in [5.41, 5.74) is 10.9. The zero-order chi connectivity index (χ0) is 31.2. The molecule has 6 aromatic carbocycles. The Hall–Kier alpha value is -6.56. The normalized spacial score (nSPS) is 11.1. The number of rotatable bonds is 2. The van der Waals surface area contributed by atoms with Crippen molar-refractivity contribution in [1.82, 2.24) is 14.5 Å². The van der Waals surface area contributed by atoms with Crippen LogP contribution >= 0.6 is 0 Å². The Bertz CT molecular complexity index is 2450. The Labute approximate surface area is 265 Å². The molecule has 46 heavy (non-hydrogen) atoms. The van der Waals surface area contributed by atoms with Crippen molar-refractivity contribution in [2.24, 2.45) is 0 Å². The van der Waals surface area contributed by atoms with E-state index in [1.165, 1.54) is 44.2 Å². The van der Waals surface area contributed by atoms with Gasteiger partial charge in [-0.15, -0.1) is 0 Å². The van der Waals surface area contributed by atoms with Gasteiger partial charge in [-0.25, -0.2) is 9.97 Å². The molecule has 0 fully saturated rings. The van der Waals surface area contributed by atoms with Gasteiger partial charge in [0.2, 0.25) is 0 Å². The third kappa shape index (κ3) is 4.23. The molecule has 0 saturated heterocycles. The van der Waals surface area contributed by atoms with Crippen molar-refractivity contribution in [2.45, 2.75) is 6.92 Å². The maximum absolute atomic E-state index is 9.13. The summed E-state index contributed by atoms with van der Waals surface area (Å²) in [6.07, 6.45) is 0. The second-order valence-electron chi connectivity index (χ2n) is 11.3. The van der Waals surface area contributed by atoms with E-state index in [4.69, 9.17) is 10.5 Å². The number of fused-ring (bicyclic) bond motifs is 6. The number of hydrogen-bond donors (Lipinski definition) is 0. The maximum atomic E-state index is 9.13. The van der Waals surface area contributed by atoms with Crippen molar-refractivity contribution in [3.8, 4) is 51.5 Å². The number of hydrogen-bond acceptors (Lipinski definition) is 4. The molecule has 0 aliphatic heterocycles. The second kappa shape index (κ2) is 10.9. The van der Waals surface area contributed by atoms with E-state index in [2.05, 4.69) is 131 Å². The van der Waals surface area contributed by atoms with E-state index in [9.17, 15) is 0 Å². The highest BCUT2D eigenvalue weighted by Crippen LogP contribution is 2.46. The fourth-order valence-electron chi connectivity index (χ4n) is 6.55. The van der Waals surface area contributed by atoms with Crippen LogP contribution in [0.15, 0.2) is 133 Å². The van der Waals surface area contributed by atoms with E-state index in [0.29, 0.717) is 11.4 Å².